The van der Waals surface area contributed by atoms with Crippen molar-refractivity contribution in [3.63, 3.8) is 0 Å². The van der Waals surface area contributed by atoms with Gasteiger partial charge in [0.25, 0.3) is 0 Å². The lowest BCUT2D eigenvalue weighted by Gasteiger charge is -2.37. The molecule has 0 N–H and O–H groups in total. The van der Waals surface area contributed by atoms with Crippen molar-refractivity contribution in [2.45, 2.75) is 30.8 Å². The summed E-state index contributed by atoms with van der Waals surface area (Å²) < 4.78 is 5.49. The molecule has 2 aromatic rings. The summed E-state index contributed by atoms with van der Waals surface area (Å²) in [6.07, 6.45) is 4.38. The van der Waals surface area contributed by atoms with Gasteiger partial charge in [-0.2, -0.15) is 0 Å². The lowest BCUT2D eigenvalue weighted by Crippen LogP contribution is -2.50. The number of rotatable bonds is 7. The minimum absolute atomic E-state index is 0.0684. The van der Waals surface area contributed by atoms with Crippen LogP contribution in [0.1, 0.15) is 25.7 Å². The Morgan fingerprint density at radius 1 is 0.947 bits per heavy atom. The number of amides is 2. The third-order valence-corrected chi connectivity index (χ3v) is 8.69. The molecule has 1 aromatic carbocycles. The molecule has 1 aliphatic carbocycles. The molecule has 0 radical (unpaired) electrons. The van der Waals surface area contributed by atoms with Crippen molar-refractivity contribution in [1.29, 1.82) is 0 Å². The average molecular weight is 559 g/mol. The maximum atomic E-state index is 12.9. The number of thioether (sulfide) groups is 1. The lowest BCUT2D eigenvalue weighted by molar-refractivity contribution is -0.135. The van der Waals surface area contributed by atoms with E-state index >= 15 is 0 Å². The lowest BCUT2D eigenvalue weighted by atomic mass is 10.1. The smallest absolute Gasteiger partial charge is 0.233 e. The molecule has 0 bridgehead atoms. The minimum atomic E-state index is 0.0684. The number of benzene rings is 1. The van der Waals surface area contributed by atoms with Gasteiger partial charge < -0.3 is 24.3 Å². The van der Waals surface area contributed by atoms with E-state index < -0.39 is 0 Å². The monoisotopic (exact) mass is 558 g/mol. The number of hydrogen-bond acceptors (Lipinski definition) is 8. The van der Waals surface area contributed by atoms with E-state index in [2.05, 4.69) is 19.8 Å². The quantitative estimate of drug-likeness (QED) is 0.290. The molecule has 3 heterocycles. The van der Waals surface area contributed by atoms with Crippen LogP contribution in [0.25, 0.3) is 0 Å². The molecule has 0 spiro atoms. The van der Waals surface area contributed by atoms with Crippen molar-refractivity contribution >= 4 is 46.7 Å². The molecule has 11 heteroatoms. The normalized spacial score (nSPS) is 18.7. The second kappa shape index (κ2) is 12.4. The summed E-state index contributed by atoms with van der Waals surface area (Å²) in [4.78, 5) is 43.0. The molecule has 3 aliphatic rings. The highest BCUT2D eigenvalue weighted by Crippen LogP contribution is 2.30. The van der Waals surface area contributed by atoms with E-state index in [9.17, 15) is 9.59 Å². The van der Waals surface area contributed by atoms with E-state index in [-0.39, 0.29) is 17.6 Å². The van der Waals surface area contributed by atoms with Gasteiger partial charge in [-0.1, -0.05) is 48.3 Å². The van der Waals surface area contributed by atoms with Gasteiger partial charge in [0.2, 0.25) is 11.8 Å². The zero-order valence-corrected chi connectivity index (χ0v) is 23.4. The Morgan fingerprint density at radius 2 is 1.61 bits per heavy atom. The Balaban J connectivity index is 1.11. The molecule has 38 heavy (non-hydrogen) atoms. The van der Waals surface area contributed by atoms with Gasteiger partial charge >= 0.3 is 0 Å². The molecule has 2 aliphatic heterocycles. The number of ether oxygens (including phenoxy) is 1. The Bertz CT molecular complexity index is 1130. The van der Waals surface area contributed by atoms with Gasteiger partial charge in [0.15, 0.2) is 5.16 Å². The number of hydrogen-bond donors (Lipinski definition) is 0. The van der Waals surface area contributed by atoms with Gasteiger partial charge in [-0.05, 0) is 25.0 Å². The molecule has 2 amide bonds. The van der Waals surface area contributed by atoms with Crippen LogP contribution in [0.4, 0.5) is 11.5 Å². The minimum Gasteiger partial charge on any atom is -0.495 e. The van der Waals surface area contributed by atoms with Crippen LogP contribution in [0.3, 0.4) is 0 Å². The van der Waals surface area contributed by atoms with Gasteiger partial charge in [0.05, 0.1) is 18.6 Å². The molecule has 0 atom stereocenters. The van der Waals surface area contributed by atoms with Crippen LogP contribution >= 0.6 is 23.4 Å². The summed E-state index contributed by atoms with van der Waals surface area (Å²) in [5.74, 6) is 2.44. The van der Waals surface area contributed by atoms with E-state index in [0.717, 1.165) is 56.0 Å². The standard InChI is InChI=1S/C27H35ClN6O3S/c1-37-22-9-5-4-8-21(22)31-10-14-33(15-11-31)25(35)19-38-27-29-23(28)18-24(30-27)32-12-16-34(17-13-32)26(36)20-6-2-3-7-20/h4-5,8-9,18,20H,2-3,6-7,10-17,19H2,1H3. The molecular weight excluding hydrogens is 524 g/mol. The number of nitrogens with zero attached hydrogens (tertiary/aromatic N) is 6. The van der Waals surface area contributed by atoms with E-state index in [4.69, 9.17) is 16.3 Å². The number of para-hydroxylation sites is 2. The number of piperazine rings is 2. The Hall–Kier alpha value is -2.72. The van der Waals surface area contributed by atoms with Crippen LogP contribution in [0.5, 0.6) is 5.75 Å². The van der Waals surface area contributed by atoms with Crippen molar-refractivity contribution in [1.82, 2.24) is 19.8 Å². The SMILES string of the molecule is COc1ccccc1N1CCN(C(=O)CSc2nc(Cl)cc(N3CCN(C(=O)C4CCCC4)CC3)n2)CC1. The number of aromatic nitrogens is 2. The van der Waals surface area contributed by atoms with Crippen molar-refractivity contribution in [3.05, 3.63) is 35.5 Å². The third-order valence-electron chi connectivity index (χ3n) is 7.66. The van der Waals surface area contributed by atoms with Crippen molar-refractivity contribution in [2.75, 3.05) is 75.0 Å². The maximum absolute atomic E-state index is 12.9. The summed E-state index contributed by atoms with van der Waals surface area (Å²) >= 11 is 7.65. The Labute approximate surface area is 233 Å². The molecule has 204 valence electrons. The predicted octanol–water partition coefficient (Wildman–Crippen LogP) is 3.42. The molecule has 9 nitrogen and oxygen atoms in total. The molecule has 3 fully saturated rings. The number of methoxy groups -OCH3 is 1. The zero-order chi connectivity index (χ0) is 26.5. The third kappa shape index (κ3) is 6.29. The summed E-state index contributed by atoms with van der Waals surface area (Å²) in [5.41, 5.74) is 1.06. The topological polar surface area (TPSA) is 82.1 Å². The molecule has 2 saturated heterocycles. The fourth-order valence-corrected chi connectivity index (χ4v) is 6.49. The van der Waals surface area contributed by atoms with E-state index in [1.807, 2.05) is 34.1 Å². The van der Waals surface area contributed by atoms with Crippen LogP contribution in [0, 0.1) is 5.92 Å². The first kappa shape index (κ1) is 26.9. The fraction of sp³-hybridized carbons (Fsp3) is 0.556. The summed E-state index contributed by atoms with van der Waals surface area (Å²) in [7, 11) is 1.68. The number of carbonyl (C=O) groups is 2. The van der Waals surface area contributed by atoms with Crippen LogP contribution in [0.2, 0.25) is 5.15 Å². The number of halogens is 1. The van der Waals surface area contributed by atoms with Crippen LogP contribution in [-0.4, -0.2) is 96.8 Å². The van der Waals surface area contributed by atoms with Gasteiger partial charge in [-0.25, -0.2) is 9.97 Å². The van der Waals surface area contributed by atoms with E-state index in [0.29, 0.717) is 55.5 Å². The van der Waals surface area contributed by atoms with Crippen molar-refractivity contribution < 1.29 is 14.3 Å². The first-order chi connectivity index (χ1) is 18.5. The predicted molar refractivity (Wildman–Crippen MR) is 150 cm³/mol. The molecule has 5 rings (SSSR count). The van der Waals surface area contributed by atoms with E-state index in [1.165, 1.54) is 11.8 Å². The second-order valence-electron chi connectivity index (χ2n) is 9.95. The molecule has 1 aromatic heterocycles. The van der Waals surface area contributed by atoms with Gasteiger partial charge in [0, 0.05) is 64.3 Å². The highest BCUT2D eigenvalue weighted by atomic mass is 35.5. The highest BCUT2D eigenvalue weighted by Gasteiger charge is 2.30. The van der Waals surface area contributed by atoms with Gasteiger partial charge in [-0.15, -0.1) is 0 Å². The average Bonchev–Trinajstić information content (AvgIpc) is 3.51. The summed E-state index contributed by atoms with van der Waals surface area (Å²) in [5, 5.41) is 0.859. The van der Waals surface area contributed by atoms with Gasteiger partial charge in [-0.3, -0.25) is 9.59 Å². The Morgan fingerprint density at radius 3 is 2.32 bits per heavy atom. The first-order valence-electron chi connectivity index (χ1n) is 13.4. The van der Waals surface area contributed by atoms with Crippen molar-refractivity contribution in [3.8, 4) is 5.75 Å². The zero-order valence-electron chi connectivity index (χ0n) is 21.9. The second-order valence-corrected chi connectivity index (χ2v) is 11.3. The summed E-state index contributed by atoms with van der Waals surface area (Å²) in [6.45, 7) is 5.63. The van der Waals surface area contributed by atoms with E-state index in [1.54, 1.807) is 13.2 Å². The Kier molecular flexibility index (Phi) is 8.79. The molecule has 1 saturated carbocycles. The van der Waals surface area contributed by atoms with Crippen LogP contribution in [-0.2, 0) is 9.59 Å². The van der Waals surface area contributed by atoms with Crippen LogP contribution < -0.4 is 14.5 Å². The summed E-state index contributed by atoms with van der Waals surface area (Å²) in [6, 6.07) is 9.73. The molecule has 0 unspecified atom stereocenters. The van der Waals surface area contributed by atoms with Crippen molar-refractivity contribution in [2.24, 2.45) is 5.92 Å². The fourth-order valence-electron chi connectivity index (χ4n) is 5.50. The molecular formula is C27H35ClN6O3S. The number of anilines is 2. The number of carbonyl (C=O) groups excluding carboxylic acids is 2. The maximum Gasteiger partial charge on any atom is 0.233 e. The highest BCUT2D eigenvalue weighted by molar-refractivity contribution is 7.99. The largest absolute Gasteiger partial charge is 0.495 e. The first-order valence-corrected chi connectivity index (χ1v) is 14.7. The van der Waals surface area contributed by atoms with Crippen LogP contribution in [0.15, 0.2) is 35.5 Å². The van der Waals surface area contributed by atoms with Gasteiger partial charge in [0.1, 0.15) is 16.7 Å².